The molecule has 0 radical (unpaired) electrons. The molecule has 1 fully saturated rings. The van der Waals surface area contributed by atoms with Crippen molar-refractivity contribution >= 4 is 17.2 Å². The number of aryl methyl sites for hydroxylation is 2. The smallest absolute Gasteiger partial charge is 0.264 e. The second kappa shape index (κ2) is 5.02. The van der Waals surface area contributed by atoms with E-state index in [1.54, 1.807) is 16.2 Å². The Morgan fingerprint density at radius 3 is 2.67 bits per heavy atom. The van der Waals surface area contributed by atoms with Crippen LogP contribution in [0.3, 0.4) is 0 Å². The Morgan fingerprint density at radius 2 is 2.17 bits per heavy atom. The Bertz CT molecular complexity index is 447. The summed E-state index contributed by atoms with van der Waals surface area (Å²) in [7, 11) is 0. The van der Waals surface area contributed by atoms with E-state index in [9.17, 15) is 9.90 Å². The third-order valence-corrected chi connectivity index (χ3v) is 4.67. The highest BCUT2D eigenvalue weighted by Crippen LogP contribution is 2.30. The number of likely N-dealkylation sites (tertiary alicyclic amines) is 1. The normalized spacial score (nSPS) is 17.7. The van der Waals surface area contributed by atoms with E-state index in [0.717, 1.165) is 24.1 Å². The molecule has 4 heteroatoms. The third-order valence-electron chi connectivity index (χ3n) is 3.59. The molecule has 0 spiro atoms. The SMILES string of the molecule is CCCC1(O)CN(C(=O)c2cc(CC)c(C)s2)C1. The molecule has 0 unspecified atom stereocenters. The minimum atomic E-state index is -0.635. The van der Waals surface area contributed by atoms with E-state index >= 15 is 0 Å². The van der Waals surface area contributed by atoms with Crippen molar-refractivity contribution in [3.63, 3.8) is 0 Å². The number of carbonyl (C=O) groups is 1. The number of β-amino-alcohol motifs (C(OH)–C–C–N with tert-alkyl or cyclic N) is 1. The number of thiophene rings is 1. The summed E-state index contributed by atoms with van der Waals surface area (Å²) in [6.45, 7) is 7.19. The molecule has 0 atom stereocenters. The zero-order chi connectivity index (χ0) is 13.3. The Hall–Kier alpha value is -0.870. The molecule has 1 aromatic rings. The molecule has 1 N–H and O–H groups in total. The quantitative estimate of drug-likeness (QED) is 0.911. The van der Waals surface area contributed by atoms with Crippen LogP contribution < -0.4 is 0 Å². The van der Waals surface area contributed by atoms with Gasteiger partial charge in [0.15, 0.2) is 0 Å². The van der Waals surface area contributed by atoms with Crippen molar-refractivity contribution in [2.75, 3.05) is 13.1 Å². The molecule has 0 aromatic carbocycles. The molecule has 2 heterocycles. The van der Waals surface area contributed by atoms with Gasteiger partial charge in [-0.15, -0.1) is 11.3 Å². The first kappa shape index (κ1) is 13.6. The summed E-state index contributed by atoms with van der Waals surface area (Å²) < 4.78 is 0. The molecule has 0 saturated carbocycles. The van der Waals surface area contributed by atoms with Crippen molar-refractivity contribution in [2.45, 2.75) is 45.6 Å². The molecule has 1 aliphatic rings. The van der Waals surface area contributed by atoms with Gasteiger partial charge in [-0.25, -0.2) is 0 Å². The fourth-order valence-electron chi connectivity index (χ4n) is 2.56. The van der Waals surface area contributed by atoms with E-state index in [1.165, 1.54) is 10.4 Å². The molecule has 18 heavy (non-hydrogen) atoms. The number of aliphatic hydroxyl groups is 1. The second-order valence-corrected chi connectivity index (χ2v) is 6.44. The van der Waals surface area contributed by atoms with Crippen LogP contribution in [-0.2, 0) is 6.42 Å². The minimum Gasteiger partial charge on any atom is -0.386 e. The average molecular weight is 267 g/mol. The maximum atomic E-state index is 12.2. The van der Waals surface area contributed by atoms with Crippen LogP contribution in [0.2, 0.25) is 0 Å². The number of rotatable bonds is 4. The molecule has 1 saturated heterocycles. The average Bonchev–Trinajstić information content (AvgIpc) is 2.66. The topological polar surface area (TPSA) is 40.5 Å². The fourth-order valence-corrected chi connectivity index (χ4v) is 3.65. The van der Waals surface area contributed by atoms with Crippen molar-refractivity contribution < 1.29 is 9.90 Å². The van der Waals surface area contributed by atoms with Gasteiger partial charge in [0.25, 0.3) is 5.91 Å². The lowest BCUT2D eigenvalue weighted by atomic mass is 9.89. The number of amides is 1. The van der Waals surface area contributed by atoms with Crippen LogP contribution >= 0.6 is 11.3 Å². The maximum absolute atomic E-state index is 12.2. The summed E-state index contributed by atoms with van der Waals surface area (Å²) in [4.78, 5) is 16.0. The van der Waals surface area contributed by atoms with Gasteiger partial charge in [-0.3, -0.25) is 4.79 Å². The molecule has 1 aliphatic heterocycles. The number of hydrogen-bond acceptors (Lipinski definition) is 3. The van der Waals surface area contributed by atoms with Crippen LogP contribution in [0.4, 0.5) is 0 Å². The Morgan fingerprint density at radius 1 is 1.50 bits per heavy atom. The maximum Gasteiger partial charge on any atom is 0.264 e. The van der Waals surface area contributed by atoms with Crippen LogP contribution in [-0.4, -0.2) is 34.6 Å². The van der Waals surface area contributed by atoms with Crippen LogP contribution in [0.5, 0.6) is 0 Å². The first-order chi connectivity index (χ1) is 8.49. The summed E-state index contributed by atoms with van der Waals surface area (Å²) in [6, 6.07) is 2.00. The third kappa shape index (κ3) is 2.45. The van der Waals surface area contributed by atoms with Crippen molar-refractivity contribution in [3.05, 3.63) is 21.4 Å². The minimum absolute atomic E-state index is 0.0728. The zero-order valence-corrected chi connectivity index (χ0v) is 12.1. The van der Waals surface area contributed by atoms with E-state index in [0.29, 0.717) is 13.1 Å². The molecule has 0 aliphatic carbocycles. The van der Waals surface area contributed by atoms with Gasteiger partial charge in [-0.1, -0.05) is 20.3 Å². The van der Waals surface area contributed by atoms with E-state index in [-0.39, 0.29) is 5.91 Å². The Kier molecular flexibility index (Phi) is 3.78. The molecule has 3 nitrogen and oxygen atoms in total. The van der Waals surface area contributed by atoms with Gasteiger partial charge in [0.1, 0.15) is 0 Å². The summed E-state index contributed by atoms with van der Waals surface area (Å²) in [5, 5.41) is 10.1. The Labute approximate surface area is 112 Å². The van der Waals surface area contributed by atoms with Gasteiger partial charge < -0.3 is 10.0 Å². The van der Waals surface area contributed by atoms with Gasteiger partial charge in [-0.05, 0) is 31.4 Å². The molecular weight excluding hydrogens is 246 g/mol. The van der Waals surface area contributed by atoms with E-state index in [2.05, 4.69) is 20.8 Å². The molecule has 100 valence electrons. The zero-order valence-electron chi connectivity index (χ0n) is 11.3. The van der Waals surface area contributed by atoms with Crippen molar-refractivity contribution in [1.29, 1.82) is 0 Å². The van der Waals surface area contributed by atoms with E-state index in [4.69, 9.17) is 0 Å². The first-order valence-corrected chi connectivity index (χ1v) is 7.41. The fraction of sp³-hybridized carbons (Fsp3) is 0.643. The monoisotopic (exact) mass is 267 g/mol. The van der Waals surface area contributed by atoms with Crippen LogP contribution in [0, 0.1) is 6.92 Å². The van der Waals surface area contributed by atoms with Gasteiger partial charge in [-0.2, -0.15) is 0 Å². The largest absolute Gasteiger partial charge is 0.386 e. The summed E-state index contributed by atoms with van der Waals surface area (Å²) in [5.41, 5.74) is 0.623. The van der Waals surface area contributed by atoms with Crippen molar-refractivity contribution in [3.8, 4) is 0 Å². The predicted octanol–water partition coefficient (Wildman–Crippen LogP) is 2.61. The molecular formula is C14H21NO2S. The number of nitrogens with zero attached hydrogens (tertiary/aromatic N) is 1. The van der Waals surface area contributed by atoms with Crippen LogP contribution in [0.25, 0.3) is 0 Å². The highest BCUT2D eigenvalue weighted by molar-refractivity contribution is 7.14. The van der Waals surface area contributed by atoms with E-state index in [1.807, 2.05) is 6.07 Å². The number of carbonyl (C=O) groups excluding carboxylic acids is 1. The van der Waals surface area contributed by atoms with Gasteiger partial charge in [0, 0.05) is 4.88 Å². The first-order valence-electron chi connectivity index (χ1n) is 6.60. The van der Waals surface area contributed by atoms with Crippen LogP contribution in [0.15, 0.2) is 6.07 Å². The molecule has 1 aromatic heterocycles. The van der Waals surface area contributed by atoms with Crippen molar-refractivity contribution in [1.82, 2.24) is 4.90 Å². The van der Waals surface area contributed by atoms with Gasteiger partial charge in [0.2, 0.25) is 0 Å². The summed E-state index contributed by atoms with van der Waals surface area (Å²) in [6.07, 6.45) is 2.70. The van der Waals surface area contributed by atoms with Gasteiger partial charge >= 0.3 is 0 Å². The highest BCUT2D eigenvalue weighted by atomic mass is 32.1. The summed E-state index contributed by atoms with van der Waals surface area (Å²) >= 11 is 1.57. The predicted molar refractivity (Wildman–Crippen MR) is 74.2 cm³/mol. The lowest BCUT2D eigenvalue weighted by molar-refractivity contribution is -0.0858. The van der Waals surface area contributed by atoms with E-state index < -0.39 is 5.60 Å². The molecule has 0 bridgehead atoms. The Balaban J connectivity index is 2.01. The standard InChI is InChI=1S/C14H21NO2S/c1-4-6-14(17)8-15(9-14)13(16)12-7-11(5-2)10(3)18-12/h7,17H,4-6,8-9H2,1-3H3. The highest BCUT2D eigenvalue weighted by Gasteiger charge is 2.43. The van der Waals surface area contributed by atoms with Crippen LogP contribution in [0.1, 0.15) is 46.8 Å². The summed E-state index contributed by atoms with van der Waals surface area (Å²) in [5.74, 6) is 0.0728. The lowest BCUT2D eigenvalue weighted by Gasteiger charge is -2.46. The number of hydrogen-bond donors (Lipinski definition) is 1. The molecule has 2 rings (SSSR count). The second-order valence-electron chi connectivity index (χ2n) is 5.18. The van der Waals surface area contributed by atoms with Crippen molar-refractivity contribution in [2.24, 2.45) is 0 Å². The van der Waals surface area contributed by atoms with Gasteiger partial charge in [0.05, 0.1) is 23.6 Å². The lowest BCUT2D eigenvalue weighted by Crippen LogP contribution is -2.63. The molecule has 1 amide bonds.